The first-order chi connectivity index (χ1) is 10.6. The number of rotatable bonds is 2. The van der Waals surface area contributed by atoms with E-state index in [1.165, 1.54) is 0 Å². The van der Waals surface area contributed by atoms with Crippen molar-refractivity contribution in [3.05, 3.63) is 77.4 Å². The SMILES string of the molecule is C[C@@]1(c2ccccc2)CC(c2ccccc2)=C(C#N)C(=O)N1. The van der Waals surface area contributed by atoms with Crippen molar-refractivity contribution in [2.75, 3.05) is 0 Å². The molecule has 2 aromatic rings. The van der Waals surface area contributed by atoms with Crippen molar-refractivity contribution in [3.63, 3.8) is 0 Å². The van der Waals surface area contributed by atoms with Crippen molar-refractivity contribution < 1.29 is 4.79 Å². The second-order valence-corrected chi connectivity index (χ2v) is 5.66. The van der Waals surface area contributed by atoms with Gasteiger partial charge in [0.15, 0.2) is 0 Å². The van der Waals surface area contributed by atoms with E-state index in [1.54, 1.807) is 0 Å². The summed E-state index contributed by atoms with van der Waals surface area (Å²) in [6.45, 7) is 2.00. The number of benzene rings is 2. The molecule has 1 N–H and O–H groups in total. The Morgan fingerprint density at radius 2 is 1.64 bits per heavy atom. The van der Waals surface area contributed by atoms with Crippen molar-refractivity contribution in [1.29, 1.82) is 5.26 Å². The number of nitriles is 1. The van der Waals surface area contributed by atoms with Gasteiger partial charge in [-0.1, -0.05) is 60.7 Å². The van der Waals surface area contributed by atoms with Crippen LogP contribution in [-0.2, 0) is 10.3 Å². The fourth-order valence-electron chi connectivity index (χ4n) is 2.92. The first-order valence-corrected chi connectivity index (χ1v) is 7.21. The first-order valence-electron chi connectivity index (χ1n) is 7.21. The molecule has 1 aliphatic heterocycles. The van der Waals surface area contributed by atoms with E-state index in [-0.39, 0.29) is 11.5 Å². The predicted molar refractivity (Wildman–Crippen MR) is 85.5 cm³/mol. The lowest BCUT2D eigenvalue weighted by Crippen LogP contribution is -2.47. The molecule has 3 nitrogen and oxygen atoms in total. The van der Waals surface area contributed by atoms with Crippen LogP contribution in [0.3, 0.4) is 0 Å². The Hall–Kier alpha value is -2.86. The summed E-state index contributed by atoms with van der Waals surface area (Å²) in [6.07, 6.45) is 0.593. The molecule has 0 aliphatic carbocycles. The minimum Gasteiger partial charge on any atom is -0.342 e. The molecule has 1 amide bonds. The highest BCUT2D eigenvalue weighted by atomic mass is 16.1. The van der Waals surface area contributed by atoms with Crippen LogP contribution in [-0.4, -0.2) is 5.91 Å². The van der Waals surface area contributed by atoms with E-state index >= 15 is 0 Å². The third-order valence-electron chi connectivity index (χ3n) is 4.09. The molecule has 0 saturated carbocycles. The molecule has 0 spiro atoms. The van der Waals surface area contributed by atoms with Crippen molar-refractivity contribution in [2.24, 2.45) is 0 Å². The summed E-state index contributed by atoms with van der Waals surface area (Å²) in [4.78, 5) is 12.4. The van der Waals surface area contributed by atoms with Crippen LogP contribution < -0.4 is 5.32 Å². The Bertz CT molecular complexity index is 772. The fraction of sp³-hybridized carbons (Fsp3) is 0.158. The first kappa shape index (κ1) is 14.1. The van der Waals surface area contributed by atoms with E-state index in [1.807, 2.05) is 67.6 Å². The maximum atomic E-state index is 12.4. The number of carbonyl (C=O) groups excluding carboxylic acids is 1. The van der Waals surface area contributed by atoms with E-state index < -0.39 is 5.54 Å². The number of amides is 1. The Balaban J connectivity index is 2.11. The summed E-state index contributed by atoms with van der Waals surface area (Å²) < 4.78 is 0. The van der Waals surface area contributed by atoms with Crippen LogP contribution >= 0.6 is 0 Å². The number of nitrogens with one attached hydrogen (secondary N) is 1. The fourth-order valence-corrected chi connectivity index (χ4v) is 2.92. The summed E-state index contributed by atoms with van der Waals surface area (Å²) in [5.74, 6) is -0.307. The molecular weight excluding hydrogens is 272 g/mol. The highest BCUT2D eigenvalue weighted by Crippen LogP contribution is 2.37. The molecule has 108 valence electrons. The van der Waals surface area contributed by atoms with E-state index in [2.05, 4.69) is 11.4 Å². The van der Waals surface area contributed by atoms with E-state index in [0.717, 1.165) is 16.7 Å². The molecule has 22 heavy (non-hydrogen) atoms. The quantitative estimate of drug-likeness (QED) is 0.920. The number of carbonyl (C=O) groups is 1. The molecular formula is C19H16N2O. The summed E-state index contributed by atoms with van der Waals surface area (Å²) in [5.41, 5.74) is 2.46. The van der Waals surface area contributed by atoms with Gasteiger partial charge in [-0.15, -0.1) is 0 Å². The van der Waals surface area contributed by atoms with Crippen molar-refractivity contribution in [1.82, 2.24) is 5.32 Å². The van der Waals surface area contributed by atoms with Crippen molar-refractivity contribution in [2.45, 2.75) is 18.9 Å². The van der Waals surface area contributed by atoms with Gasteiger partial charge < -0.3 is 5.32 Å². The van der Waals surface area contributed by atoms with E-state index in [0.29, 0.717) is 6.42 Å². The zero-order chi connectivity index (χ0) is 15.6. The second kappa shape index (κ2) is 5.50. The molecule has 1 atom stereocenters. The van der Waals surface area contributed by atoms with Gasteiger partial charge in [0.25, 0.3) is 5.91 Å². The molecule has 0 radical (unpaired) electrons. The summed E-state index contributed by atoms with van der Waals surface area (Å²) in [7, 11) is 0. The van der Waals surface area contributed by atoms with Crippen LogP contribution in [0.15, 0.2) is 66.2 Å². The second-order valence-electron chi connectivity index (χ2n) is 5.66. The molecule has 1 heterocycles. The minimum absolute atomic E-state index is 0.208. The third-order valence-corrected chi connectivity index (χ3v) is 4.09. The van der Waals surface area contributed by atoms with Crippen LogP contribution in [0.5, 0.6) is 0 Å². The molecule has 0 unspecified atom stereocenters. The van der Waals surface area contributed by atoms with Gasteiger partial charge in [-0.25, -0.2) is 0 Å². The number of hydrogen-bond acceptors (Lipinski definition) is 2. The Kier molecular flexibility index (Phi) is 3.52. The van der Waals surface area contributed by atoms with Crippen LogP contribution in [0.4, 0.5) is 0 Å². The smallest absolute Gasteiger partial charge is 0.262 e. The Morgan fingerprint density at radius 3 is 2.23 bits per heavy atom. The van der Waals surface area contributed by atoms with Gasteiger partial charge in [0, 0.05) is 6.42 Å². The molecule has 0 fully saturated rings. The van der Waals surface area contributed by atoms with Crippen LogP contribution in [0, 0.1) is 11.3 Å². The largest absolute Gasteiger partial charge is 0.342 e. The average Bonchev–Trinajstić information content (AvgIpc) is 2.56. The molecule has 1 aliphatic rings. The number of nitrogens with zero attached hydrogens (tertiary/aromatic N) is 1. The monoisotopic (exact) mass is 288 g/mol. The Labute approximate surface area is 129 Å². The zero-order valence-corrected chi connectivity index (χ0v) is 12.3. The van der Waals surface area contributed by atoms with Crippen LogP contribution in [0.25, 0.3) is 5.57 Å². The maximum Gasteiger partial charge on any atom is 0.262 e. The standard InChI is InChI=1S/C19H16N2O/c1-19(15-10-6-3-7-11-15)12-16(14-8-4-2-5-9-14)17(13-20)18(22)21-19/h2-11H,12H2,1H3,(H,21,22)/t19-/m0/s1. The van der Waals surface area contributed by atoms with Crippen LogP contribution in [0.2, 0.25) is 0 Å². The molecule has 2 aromatic carbocycles. The van der Waals surface area contributed by atoms with Crippen molar-refractivity contribution >= 4 is 11.5 Å². The van der Waals surface area contributed by atoms with Gasteiger partial charge in [-0.3, -0.25) is 4.79 Å². The molecule has 0 saturated heterocycles. The minimum atomic E-state index is -0.510. The van der Waals surface area contributed by atoms with Gasteiger partial charge in [0.1, 0.15) is 11.6 Å². The topological polar surface area (TPSA) is 52.9 Å². The molecule has 0 aromatic heterocycles. The highest BCUT2D eigenvalue weighted by molar-refractivity contribution is 6.07. The molecule has 0 bridgehead atoms. The van der Waals surface area contributed by atoms with Gasteiger partial charge in [-0.05, 0) is 23.6 Å². The maximum absolute atomic E-state index is 12.4. The zero-order valence-electron chi connectivity index (χ0n) is 12.3. The van der Waals surface area contributed by atoms with Crippen molar-refractivity contribution in [3.8, 4) is 6.07 Å². The highest BCUT2D eigenvalue weighted by Gasteiger charge is 2.37. The van der Waals surface area contributed by atoms with Gasteiger partial charge in [0.2, 0.25) is 0 Å². The van der Waals surface area contributed by atoms with Gasteiger partial charge in [-0.2, -0.15) is 5.26 Å². The third kappa shape index (κ3) is 2.40. The lowest BCUT2D eigenvalue weighted by Gasteiger charge is -2.36. The Morgan fingerprint density at radius 1 is 1.05 bits per heavy atom. The number of hydrogen-bond donors (Lipinski definition) is 1. The average molecular weight is 288 g/mol. The van der Waals surface area contributed by atoms with E-state index in [9.17, 15) is 10.1 Å². The lowest BCUT2D eigenvalue weighted by atomic mass is 9.78. The summed E-state index contributed by atoms with van der Waals surface area (Å²) in [5, 5.41) is 12.4. The molecule has 3 rings (SSSR count). The summed E-state index contributed by atoms with van der Waals surface area (Å²) in [6, 6.07) is 21.6. The van der Waals surface area contributed by atoms with Gasteiger partial charge in [0.05, 0.1) is 5.54 Å². The normalized spacial score (nSPS) is 21.2. The van der Waals surface area contributed by atoms with Crippen LogP contribution in [0.1, 0.15) is 24.5 Å². The predicted octanol–water partition coefficient (Wildman–Crippen LogP) is 3.40. The van der Waals surface area contributed by atoms with E-state index in [4.69, 9.17) is 0 Å². The molecule has 3 heteroatoms. The lowest BCUT2D eigenvalue weighted by molar-refractivity contribution is -0.119. The summed E-state index contributed by atoms with van der Waals surface area (Å²) >= 11 is 0. The van der Waals surface area contributed by atoms with Gasteiger partial charge >= 0.3 is 0 Å².